The summed E-state index contributed by atoms with van der Waals surface area (Å²) in [5.41, 5.74) is 6.50. The molecule has 0 spiro atoms. The Hall–Kier alpha value is -1.40. The normalized spacial score (nSPS) is 34.7. The molecular weight excluding hydrogens is 316 g/mol. The number of carbonyl (C=O) groups is 2. The first-order valence-corrected chi connectivity index (χ1v) is 9.67. The van der Waals surface area contributed by atoms with E-state index >= 15 is 0 Å². The summed E-state index contributed by atoms with van der Waals surface area (Å²) >= 11 is 0. The number of hydrogen-bond donors (Lipinski definition) is 2. The quantitative estimate of drug-likeness (QED) is 0.748. The Bertz CT molecular complexity index is 536. The second-order valence-electron chi connectivity index (χ2n) is 8.09. The van der Waals surface area contributed by atoms with Gasteiger partial charge in [-0.25, -0.2) is 5.43 Å². The van der Waals surface area contributed by atoms with Crippen LogP contribution in [0.5, 0.6) is 0 Å². The van der Waals surface area contributed by atoms with Crippen LogP contribution in [0.15, 0.2) is 12.2 Å². The summed E-state index contributed by atoms with van der Waals surface area (Å²) < 4.78 is 0. The first kappa shape index (κ1) is 18.4. The van der Waals surface area contributed by atoms with E-state index in [9.17, 15) is 9.59 Å². The fraction of sp³-hybridized carbons (Fsp3) is 0.789. The number of nitrogens with one attached hydrogen (secondary N) is 2. The minimum atomic E-state index is -0.251. The number of rotatable bonds is 4. The lowest BCUT2D eigenvalue weighted by molar-refractivity contribution is -0.141. The molecule has 3 rings (SSSR count). The van der Waals surface area contributed by atoms with Gasteiger partial charge in [-0.3, -0.25) is 19.9 Å². The van der Waals surface area contributed by atoms with E-state index in [0.29, 0.717) is 19.0 Å². The van der Waals surface area contributed by atoms with Crippen LogP contribution >= 0.6 is 0 Å². The van der Waals surface area contributed by atoms with E-state index in [2.05, 4.69) is 34.2 Å². The highest BCUT2D eigenvalue weighted by Crippen LogP contribution is 2.31. The third kappa shape index (κ3) is 4.06. The van der Waals surface area contributed by atoms with Crippen molar-refractivity contribution in [2.75, 3.05) is 32.7 Å². The number of carbonyl (C=O) groups excluding carboxylic acids is 2. The topological polar surface area (TPSA) is 64.7 Å². The van der Waals surface area contributed by atoms with Crippen LogP contribution in [0.2, 0.25) is 0 Å². The molecule has 1 saturated carbocycles. The Kier molecular flexibility index (Phi) is 5.79. The Balaban J connectivity index is 1.60. The van der Waals surface area contributed by atoms with Crippen LogP contribution in [-0.4, -0.2) is 60.4 Å². The molecule has 2 amide bonds. The average molecular weight is 348 g/mol. The molecule has 0 radical (unpaired) electrons. The molecule has 2 saturated heterocycles. The number of nitrogens with zero attached hydrogens (tertiary/aromatic N) is 2. The minimum absolute atomic E-state index is 0.00551. The summed E-state index contributed by atoms with van der Waals surface area (Å²) in [5.74, 6) is 1.28. The monoisotopic (exact) mass is 348 g/mol. The summed E-state index contributed by atoms with van der Waals surface area (Å²) in [6, 6.07) is 0.00551. The number of hydrazine groups is 1. The van der Waals surface area contributed by atoms with Gasteiger partial charge in [-0.15, -0.1) is 0 Å². The number of amides is 2. The molecule has 4 atom stereocenters. The molecule has 0 aromatic carbocycles. The van der Waals surface area contributed by atoms with E-state index in [1.54, 1.807) is 0 Å². The van der Waals surface area contributed by atoms with Crippen molar-refractivity contribution < 1.29 is 9.59 Å². The highest BCUT2D eigenvalue weighted by Gasteiger charge is 2.39. The fourth-order valence-electron chi connectivity index (χ4n) is 4.66. The second kappa shape index (κ2) is 7.87. The van der Waals surface area contributed by atoms with Gasteiger partial charge in [0, 0.05) is 32.2 Å². The zero-order chi connectivity index (χ0) is 18.0. The van der Waals surface area contributed by atoms with Crippen LogP contribution in [0.3, 0.4) is 0 Å². The first-order chi connectivity index (χ1) is 12.0. The fourth-order valence-corrected chi connectivity index (χ4v) is 4.66. The molecule has 3 aliphatic rings. The summed E-state index contributed by atoms with van der Waals surface area (Å²) in [4.78, 5) is 29.1. The van der Waals surface area contributed by atoms with Gasteiger partial charge in [0.15, 0.2) is 0 Å². The van der Waals surface area contributed by atoms with Gasteiger partial charge in [-0.2, -0.15) is 0 Å². The van der Waals surface area contributed by atoms with Crippen molar-refractivity contribution in [2.24, 2.45) is 17.8 Å². The maximum Gasteiger partial charge on any atom is 0.242 e. The van der Waals surface area contributed by atoms with E-state index in [-0.39, 0.29) is 23.8 Å². The highest BCUT2D eigenvalue weighted by molar-refractivity contribution is 5.83. The summed E-state index contributed by atoms with van der Waals surface area (Å²) in [6.45, 7) is 11.8. The molecule has 140 valence electrons. The maximum atomic E-state index is 12.7. The zero-order valence-corrected chi connectivity index (χ0v) is 15.6. The predicted octanol–water partition coefficient (Wildman–Crippen LogP) is 1.15. The predicted molar refractivity (Wildman–Crippen MR) is 97.5 cm³/mol. The first-order valence-electron chi connectivity index (χ1n) is 9.67. The maximum absolute atomic E-state index is 12.7. The molecule has 2 N–H and O–H groups in total. The van der Waals surface area contributed by atoms with E-state index < -0.39 is 0 Å². The van der Waals surface area contributed by atoms with E-state index in [0.717, 1.165) is 31.1 Å². The number of piperazine rings is 1. The zero-order valence-electron chi connectivity index (χ0n) is 15.6. The van der Waals surface area contributed by atoms with Crippen molar-refractivity contribution in [2.45, 2.75) is 45.6 Å². The standard InChI is InChI=1S/C19H32N4O2/c1-13(2)18-16(10-20-21-19(18)25)22-8-9-23(17(24)12-22)11-15-7-5-4-6-14(15)3/h14-16,18,20H,1,4-12H2,2-3H3,(H,21,25). The van der Waals surface area contributed by atoms with Gasteiger partial charge in [0.1, 0.15) is 0 Å². The summed E-state index contributed by atoms with van der Waals surface area (Å²) in [7, 11) is 0. The third-order valence-electron chi connectivity index (χ3n) is 6.28. The van der Waals surface area contributed by atoms with Gasteiger partial charge in [0.25, 0.3) is 0 Å². The van der Waals surface area contributed by atoms with Crippen LogP contribution < -0.4 is 10.9 Å². The van der Waals surface area contributed by atoms with Gasteiger partial charge in [-0.05, 0) is 25.2 Å². The molecule has 6 heteroatoms. The molecule has 2 heterocycles. The number of hydrogen-bond acceptors (Lipinski definition) is 4. The highest BCUT2D eigenvalue weighted by atomic mass is 16.2. The molecule has 0 bridgehead atoms. The van der Waals surface area contributed by atoms with Crippen LogP contribution in [0.4, 0.5) is 0 Å². The van der Waals surface area contributed by atoms with Crippen molar-refractivity contribution in [1.82, 2.24) is 20.7 Å². The van der Waals surface area contributed by atoms with E-state index in [4.69, 9.17) is 0 Å². The summed E-state index contributed by atoms with van der Waals surface area (Å²) in [6.07, 6.45) is 5.17. The largest absolute Gasteiger partial charge is 0.340 e. The molecule has 0 aromatic heterocycles. The van der Waals surface area contributed by atoms with E-state index in [1.807, 2.05) is 6.92 Å². The van der Waals surface area contributed by atoms with Crippen molar-refractivity contribution >= 4 is 11.8 Å². The molecular formula is C19H32N4O2. The second-order valence-corrected chi connectivity index (χ2v) is 8.09. The van der Waals surface area contributed by atoms with Gasteiger partial charge < -0.3 is 4.90 Å². The molecule has 4 unspecified atom stereocenters. The lowest BCUT2D eigenvalue weighted by Gasteiger charge is -2.44. The van der Waals surface area contributed by atoms with Crippen molar-refractivity contribution in [3.05, 3.63) is 12.2 Å². The summed E-state index contributed by atoms with van der Waals surface area (Å²) in [5, 5.41) is 0. The van der Waals surface area contributed by atoms with Gasteiger partial charge >= 0.3 is 0 Å². The van der Waals surface area contributed by atoms with Gasteiger partial charge in [0.2, 0.25) is 11.8 Å². The molecule has 0 aromatic rings. The molecule has 3 fully saturated rings. The smallest absolute Gasteiger partial charge is 0.242 e. The molecule has 2 aliphatic heterocycles. The van der Waals surface area contributed by atoms with E-state index in [1.165, 1.54) is 25.7 Å². The van der Waals surface area contributed by atoms with Crippen LogP contribution in [0.1, 0.15) is 39.5 Å². The Labute approximate surface area is 151 Å². The Morgan fingerprint density at radius 2 is 2.00 bits per heavy atom. The third-order valence-corrected chi connectivity index (χ3v) is 6.28. The minimum Gasteiger partial charge on any atom is -0.340 e. The molecule has 25 heavy (non-hydrogen) atoms. The Morgan fingerprint density at radius 3 is 2.68 bits per heavy atom. The molecule has 6 nitrogen and oxygen atoms in total. The van der Waals surface area contributed by atoms with Crippen LogP contribution in [-0.2, 0) is 9.59 Å². The lowest BCUT2D eigenvalue weighted by Crippen LogP contribution is -2.64. The molecule has 1 aliphatic carbocycles. The van der Waals surface area contributed by atoms with Crippen molar-refractivity contribution in [1.29, 1.82) is 0 Å². The SMILES string of the molecule is C=C(C)C1C(=O)NNCC1N1CCN(CC2CCCCC2C)C(=O)C1. The average Bonchev–Trinajstić information content (AvgIpc) is 2.58. The van der Waals surface area contributed by atoms with Gasteiger partial charge in [-0.1, -0.05) is 38.3 Å². The lowest BCUT2D eigenvalue weighted by atomic mass is 9.80. The van der Waals surface area contributed by atoms with Crippen LogP contribution in [0, 0.1) is 17.8 Å². The van der Waals surface area contributed by atoms with Crippen molar-refractivity contribution in [3.8, 4) is 0 Å². The van der Waals surface area contributed by atoms with Gasteiger partial charge in [0.05, 0.1) is 12.5 Å². The van der Waals surface area contributed by atoms with Crippen LogP contribution in [0.25, 0.3) is 0 Å². The Morgan fingerprint density at radius 1 is 1.24 bits per heavy atom. The van der Waals surface area contributed by atoms with Crippen molar-refractivity contribution in [3.63, 3.8) is 0 Å².